The third-order valence-electron chi connectivity index (χ3n) is 17.9. The van der Waals surface area contributed by atoms with Crippen molar-refractivity contribution in [2.75, 3.05) is 112 Å². The van der Waals surface area contributed by atoms with Gasteiger partial charge in [0.25, 0.3) is 0 Å². The van der Waals surface area contributed by atoms with Crippen molar-refractivity contribution in [1.82, 2.24) is 49.9 Å². The fraction of sp³-hybridized carbons (Fsp3) is 0.641. The number of nitrogens with zero attached hydrogens (tertiary/aromatic N) is 10. The molecule has 13 rings (SSSR count). The number of hydrogen-bond acceptors (Lipinski definition) is 17. The first-order chi connectivity index (χ1) is 43.9. The van der Waals surface area contributed by atoms with Crippen LogP contribution in [0.2, 0.25) is 0 Å². The van der Waals surface area contributed by atoms with Crippen molar-refractivity contribution in [3.8, 4) is 22.8 Å². The SMILES string of the molecule is C1CNCCN1.CC(Cl)Cl.COC(=O)N1c2ccc(-c3cn(C)c(N4CCNCC4)n3)c(OC3CCC3)c2CC[C@@H]1C.COC(=O)N1c2ccc(B3OC(C)(C)C(C)(C)O3)c(OC3CCC3)c2CC[C@@H]1C.Cn1cc(Br)nc1Br.Cn1cc(Br)nc1N1CCNCC1. The number of halogens is 5. The van der Waals surface area contributed by atoms with E-state index in [-0.39, 0.29) is 41.3 Å². The number of anilines is 4. The average Bonchev–Trinajstić information content (AvgIpc) is 1.33. The fourth-order valence-electron chi connectivity index (χ4n) is 11.7. The summed E-state index contributed by atoms with van der Waals surface area (Å²) in [5.41, 5.74) is 5.89. The van der Waals surface area contributed by atoms with Gasteiger partial charge in [-0.25, -0.2) is 24.5 Å². The Balaban J connectivity index is 0.000000163. The Morgan fingerprint density at radius 2 is 1.01 bits per heavy atom. The van der Waals surface area contributed by atoms with Crippen LogP contribution < -0.4 is 55.8 Å². The molecular formula is C64H96BBr3Cl2N14O8. The van der Waals surface area contributed by atoms with E-state index in [0.717, 1.165) is 206 Å². The Morgan fingerprint density at radius 1 is 0.598 bits per heavy atom. The first-order valence-electron chi connectivity index (χ1n) is 32.3. The van der Waals surface area contributed by atoms with E-state index in [2.05, 4.69) is 159 Å². The molecule has 8 aliphatic rings. The molecule has 9 heterocycles. The Bertz CT molecular complexity index is 3150. The quantitative estimate of drug-likeness (QED) is 0.0843. The lowest BCUT2D eigenvalue weighted by molar-refractivity contribution is 0.00578. The zero-order valence-corrected chi connectivity index (χ0v) is 62.0. The molecule has 508 valence electrons. The molecule has 4 N–H and O–H groups in total. The van der Waals surface area contributed by atoms with Gasteiger partial charge in [0.2, 0.25) is 11.9 Å². The molecule has 0 bridgehead atoms. The van der Waals surface area contributed by atoms with E-state index >= 15 is 0 Å². The summed E-state index contributed by atoms with van der Waals surface area (Å²) in [4.78, 5) is 46.4. The molecule has 4 saturated heterocycles. The van der Waals surface area contributed by atoms with Gasteiger partial charge in [-0.2, -0.15) is 0 Å². The van der Waals surface area contributed by atoms with Crippen molar-refractivity contribution in [2.45, 2.75) is 153 Å². The second-order valence-electron chi connectivity index (χ2n) is 25.3. The number of imidazole rings is 3. The number of rotatable bonds is 8. The molecule has 2 saturated carbocycles. The van der Waals surface area contributed by atoms with E-state index < -0.39 is 18.3 Å². The van der Waals surface area contributed by atoms with Crippen molar-refractivity contribution < 1.29 is 37.8 Å². The lowest BCUT2D eigenvalue weighted by atomic mass is 9.75. The molecule has 0 spiro atoms. The van der Waals surface area contributed by atoms with E-state index in [9.17, 15) is 9.59 Å². The van der Waals surface area contributed by atoms with E-state index in [1.165, 1.54) is 27.1 Å². The van der Waals surface area contributed by atoms with Crippen molar-refractivity contribution in [1.29, 1.82) is 0 Å². The Labute approximate surface area is 580 Å². The molecule has 92 heavy (non-hydrogen) atoms. The van der Waals surface area contributed by atoms with Crippen LogP contribution in [0.3, 0.4) is 0 Å². The number of methoxy groups -OCH3 is 2. The number of aryl methyl sites for hydroxylation is 3. The van der Waals surface area contributed by atoms with Gasteiger partial charge in [-0.1, -0.05) is 6.07 Å². The maximum absolute atomic E-state index is 12.6. The van der Waals surface area contributed by atoms with Gasteiger partial charge in [-0.15, -0.1) is 23.2 Å². The van der Waals surface area contributed by atoms with Crippen molar-refractivity contribution >= 4 is 119 Å². The number of carbonyl (C=O) groups excluding carboxylic acids is 2. The monoisotopic (exact) mass is 1510 g/mol. The summed E-state index contributed by atoms with van der Waals surface area (Å²) in [7, 11) is 8.37. The molecule has 0 unspecified atom stereocenters. The zero-order valence-electron chi connectivity index (χ0n) is 55.7. The number of amides is 2. The lowest BCUT2D eigenvalue weighted by Gasteiger charge is -2.37. The van der Waals surface area contributed by atoms with Gasteiger partial charge in [-0.05, 0) is 179 Å². The first kappa shape index (κ1) is 73.5. The molecule has 2 atom stereocenters. The number of nitrogens with one attached hydrogen (secondary N) is 4. The van der Waals surface area contributed by atoms with Crippen LogP contribution >= 0.6 is 71.0 Å². The number of carbonyl (C=O) groups is 2. The molecule has 2 amide bonds. The van der Waals surface area contributed by atoms with Crippen LogP contribution in [-0.4, -0.2) is 181 Å². The van der Waals surface area contributed by atoms with Crippen LogP contribution in [0.4, 0.5) is 32.9 Å². The summed E-state index contributed by atoms with van der Waals surface area (Å²) < 4.78 is 44.5. The number of alkyl halides is 2. The van der Waals surface area contributed by atoms with Crippen LogP contribution in [0, 0.1) is 0 Å². The maximum Gasteiger partial charge on any atom is 0.498 e. The van der Waals surface area contributed by atoms with Crippen molar-refractivity contribution in [3.63, 3.8) is 0 Å². The highest BCUT2D eigenvalue weighted by atomic mass is 79.9. The molecule has 6 aliphatic heterocycles. The molecule has 2 aliphatic carbocycles. The molecule has 28 heteroatoms. The number of aromatic nitrogens is 6. The summed E-state index contributed by atoms with van der Waals surface area (Å²) in [5.74, 6) is 3.75. The van der Waals surface area contributed by atoms with Crippen LogP contribution in [0.25, 0.3) is 11.3 Å². The minimum absolute atomic E-state index is 0.0780. The predicted molar refractivity (Wildman–Crippen MR) is 379 cm³/mol. The van der Waals surface area contributed by atoms with E-state index in [0.29, 0.717) is 0 Å². The summed E-state index contributed by atoms with van der Waals surface area (Å²) in [6, 6.07) is 8.23. The largest absolute Gasteiger partial charge is 0.498 e. The van der Waals surface area contributed by atoms with Gasteiger partial charge in [0.15, 0.2) is 4.73 Å². The molecule has 2 aromatic carbocycles. The van der Waals surface area contributed by atoms with E-state index in [1.54, 1.807) is 16.7 Å². The summed E-state index contributed by atoms with van der Waals surface area (Å²) >= 11 is 19.9. The number of fused-ring (bicyclic) bond motifs is 2. The Morgan fingerprint density at radius 3 is 1.40 bits per heavy atom. The highest BCUT2D eigenvalue weighted by molar-refractivity contribution is 9.11. The van der Waals surface area contributed by atoms with Gasteiger partial charge >= 0.3 is 19.3 Å². The van der Waals surface area contributed by atoms with Gasteiger partial charge in [0.05, 0.1) is 54.7 Å². The first-order valence-corrected chi connectivity index (χ1v) is 35.6. The topological polar surface area (TPSA) is 204 Å². The summed E-state index contributed by atoms with van der Waals surface area (Å²) in [6.07, 6.45) is 15.9. The van der Waals surface area contributed by atoms with Gasteiger partial charge in [0.1, 0.15) is 25.5 Å². The highest BCUT2D eigenvalue weighted by Crippen LogP contribution is 2.46. The minimum atomic E-state index is -0.494. The maximum atomic E-state index is 12.6. The fourth-order valence-corrected chi connectivity index (χ4v) is 13.1. The van der Waals surface area contributed by atoms with E-state index in [4.69, 9.17) is 56.4 Å². The Hall–Kier alpha value is -4.35. The number of benzene rings is 2. The molecule has 3 aromatic heterocycles. The molecule has 0 radical (unpaired) electrons. The standard InChI is InChI=1S/C24H33N5O3.C22H32BNO5.C8H13BrN4.C4H4Br2N2.C4H10N2.C2H4Cl2/c1-16-7-8-19-21(29(16)24(30)31-3)10-9-18(22(19)32-17-5-4-6-17)20-15-27(2)23(26-20)28-13-11-25-12-14-28;1-14-10-11-16-18(24(14)20(25)26-6)13-12-17(19(16)27-15-8-7-9-15)23-28-21(2,3)22(4,5)29-23;1-12-6-7(9)11-8(12)13-4-2-10-3-5-13;1-8-2-3(5)7-4(8)6;1-2-6-4-3-5-1;1-2(3)4/h9-10,15-17,25H,4-8,11-14H2,1-3H3;12-15H,7-11H2,1-6H3;6,10H,2-5H2,1H3;2H,1H3;5-6H,1-4H2;2H,1H3/t16-;14-;;;;/m00..../s1. The van der Waals surface area contributed by atoms with Crippen molar-refractivity contribution in [2.24, 2.45) is 21.1 Å². The second kappa shape index (κ2) is 34.0. The van der Waals surface area contributed by atoms with Crippen molar-refractivity contribution in [3.05, 3.63) is 67.9 Å². The van der Waals surface area contributed by atoms with Crippen LogP contribution in [0.5, 0.6) is 11.5 Å². The zero-order chi connectivity index (χ0) is 66.4. The Kier molecular flexibility index (Phi) is 27.2. The number of hydrogen-bond donors (Lipinski definition) is 4. The summed E-state index contributed by atoms with van der Waals surface area (Å²) in [5, 5.41) is 13.2. The molecular weight excluding hydrogens is 1410 g/mol. The molecule has 22 nitrogen and oxygen atoms in total. The van der Waals surface area contributed by atoms with Gasteiger partial charge in [-0.3, -0.25) is 9.80 Å². The number of piperazine rings is 3. The lowest BCUT2D eigenvalue weighted by Crippen LogP contribution is -2.44. The number of ether oxygens (including phenoxy) is 4. The predicted octanol–water partition coefficient (Wildman–Crippen LogP) is 10.7. The third-order valence-corrected chi connectivity index (χ3v) is 19.4. The third kappa shape index (κ3) is 18.8. The smallest absolute Gasteiger partial charge is 0.490 e. The normalized spacial score (nSPS) is 20.7. The second-order valence-corrected chi connectivity index (χ2v) is 29.1. The molecule has 6 fully saturated rings. The van der Waals surface area contributed by atoms with Gasteiger partial charge in [0, 0.05) is 153 Å². The molecule has 5 aromatic rings. The van der Waals surface area contributed by atoms with Crippen LogP contribution in [0.1, 0.15) is 111 Å². The average molecular weight is 1510 g/mol. The summed E-state index contributed by atoms with van der Waals surface area (Å²) in [6.45, 7) is 26.6. The highest BCUT2D eigenvalue weighted by Gasteiger charge is 2.53. The van der Waals surface area contributed by atoms with Gasteiger partial charge < -0.3 is 73.0 Å². The van der Waals surface area contributed by atoms with Crippen LogP contribution in [-0.2, 0) is 52.8 Å². The van der Waals surface area contributed by atoms with E-state index in [1.807, 2.05) is 49.3 Å². The minimum Gasteiger partial charge on any atom is -0.490 e. The van der Waals surface area contributed by atoms with Crippen LogP contribution in [0.15, 0.2) is 56.8 Å².